The van der Waals surface area contributed by atoms with Gasteiger partial charge in [-0.1, -0.05) is 23.2 Å². The van der Waals surface area contributed by atoms with Crippen molar-refractivity contribution in [2.75, 3.05) is 5.73 Å². The van der Waals surface area contributed by atoms with E-state index in [1.54, 1.807) is 12.3 Å². The van der Waals surface area contributed by atoms with E-state index < -0.39 is 0 Å². The second-order valence-electron chi connectivity index (χ2n) is 6.02. The number of fused-ring (bicyclic) bond motifs is 1. The molecule has 3 aromatic heterocycles. The number of rotatable bonds is 2. The van der Waals surface area contributed by atoms with Crippen molar-refractivity contribution in [3.8, 4) is 17.1 Å². The van der Waals surface area contributed by atoms with Crippen LogP contribution in [0.1, 0.15) is 11.4 Å². The number of hydrogen-bond donors (Lipinski definition) is 2. The number of nitrogens with zero attached hydrogens (tertiary/aromatic N) is 3. The molecule has 0 aliphatic rings. The van der Waals surface area contributed by atoms with Crippen LogP contribution < -0.4 is 5.73 Å². The number of H-pyrrole nitrogens is 1. The van der Waals surface area contributed by atoms with Gasteiger partial charge in [-0.05, 0) is 54.0 Å². The smallest absolute Gasteiger partial charge is 0.159 e. The fourth-order valence-corrected chi connectivity index (χ4v) is 3.68. The van der Waals surface area contributed by atoms with Gasteiger partial charge in [-0.3, -0.25) is 0 Å². The Balaban J connectivity index is 1.89. The molecule has 0 fully saturated rings. The summed E-state index contributed by atoms with van der Waals surface area (Å²) in [6, 6.07) is 7.65. The molecule has 0 aliphatic carbocycles. The van der Waals surface area contributed by atoms with Crippen LogP contribution in [0.3, 0.4) is 0 Å². The standard InChI is InChI=1S/C18H14BrCl2N5/c1-8-5-11(9(2)26(8)10-3-4-13(20)14(21)6-10)17-24-16-15(22)12(19)7-23-18(16)25-17/h3-7H,1-2H3,(H3,22,23,24,25). The summed E-state index contributed by atoms with van der Waals surface area (Å²) in [5.74, 6) is 0.719. The zero-order valence-corrected chi connectivity index (χ0v) is 17.0. The molecule has 0 amide bonds. The van der Waals surface area contributed by atoms with Gasteiger partial charge < -0.3 is 15.3 Å². The number of pyridine rings is 1. The van der Waals surface area contributed by atoms with Gasteiger partial charge in [-0.15, -0.1) is 0 Å². The number of aromatic amines is 1. The highest BCUT2D eigenvalue weighted by Crippen LogP contribution is 2.33. The Labute approximate surface area is 168 Å². The molecule has 0 radical (unpaired) electrons. The molecule has 0 unspecified atom stereocenters. The van der Waals surface area contributed by atoms with Crippen molar-refractivity contribution in [3.05, 3.63) is 56.4 Å². The van der Waals surface area contributed by atoms with E-state index >= 15 is 0 Å². The van der Waals surface area contributed by atoms with Crippen LogP contribution >= 0.6 is 39.1 Å². The summed E-state index contributed by atoms with van der Waals surface area (Å²) in [4.78, 5) is 12.2. The fraction of sp³-hybridized carbons (Fsp3) is 0.111. The van der Waals surface area contributed by atoms with Gasteiger partial charge in [0.25, 0.3) is 0 Å². The highest BCUT2D eigenvalue weighted by molar-refractivity contribution is 9.10. The second kappa shape index (κ2) is 6.30. The third-order valence-electron chi connectivity index (χ3n) is 4.35. The highest BCUT2D eigenvalue weighted by Gasteiger charge is 2.17. The zero-order chi connectivity index (χ0) is 18.6. The van der Waals surface area contributed by atoms with Crippen molar-refractivity contribution in [2.24, 2.45) is 0 Å². The molecule has 26 heavy (non-hydrogen) atoms. The van der Waals surface area contributed by atoms with Crippen LogP contribution in [0.15, 0.2) is 34.9 Å². The molecule has 3 N–H and O–H groups in total. The van der Waals surface area contributed by atoms with Crippen LogP contribution in [0, 0.1) is 13.8 Å². The number of benzene rings is 1. The first-order valence-corrected chi connectivity index (χ1v) is 9.36. The van der Waals surface area contributed by atoms with Crippen molar-refractivity contribution in [2.45, 2.75) is 13.8 Å². The van der Waals surface area contributed by atoms with Crippen molar-refractivity contribution < 1.29 is 0 Å². The molecule has 4 aromatic rings. The lowest BCUT2D eigenvalue weighted by Gasteiger charge is -2.10. The second-order valence-corrected chi connectivity index (χ2v) is 7.69. The number of aryl methyl sites for hydroxylation is 1. The molecular weight excluding hydrogens is 437 g/mol. The molecule has 0 saturated heterocycles. The van der Waals surface area contributed by atoms with Gasteiger partial charge in [0.2, 0.25) is 0 Å². The van der Waals surface area contributed by atoms with Crippen LogP contribution in [0.2, 0.25) is 10.0 Å². The average Bonchev–Trinajstić information content (AvgIpc) is 3.15. The molecule has 0 spiro atoms. The van der Waals surface area contributed by atoms with E-state index in [4.69, 9.17) is 28.9 Å². The Hall–Kier alpha value is -2.02. The lowest BCUT2D eigenvalue weighted by atomic mass is 10.2. The molecule has 0 atom stereocenters. The maximum Gasteiger partial charge on any atom is 0.159 e. The quantitative estimate of drug-likeness (QED) is 0.412. The van der Waals surface area contributed by atoms with E-state index in [2.05, 4.69) is 41.5 Å². The van der Waals surface area contributed by atoms with E-state index in [1.807, 2.05) is 26.0 Å². The third kappa shape index (κ3) is 2.69. The Kier molecular flexibility index (Phi) is 4.22. The summed E-state index contributed by atoms with van der Waals surface area (Å²) in [7, 11) is 0. The number of halogens is 3. The molecule has 0 bridgehead atoms. The number of nitrogens with two attached hydrogens (primary N) is 1. The predicted octanol–water partition coefficient (Wildman–Crippen LogP) is 5.68. The lowest BCUT2D eigenvalue weighted by molar-refractivity contribution is 0.966. The van der Waals surface area contributed by atoms with Crippen LogP contribution in [-0.4, -0.2) is 19.5 Å². The van der Waals surface area contributed by atoms with E-state index in [0.717, 1.165) is 32.9 Å². The molecule has 1 aromatic carbocycles. The summed E-state index contributed by atoms with van der Waals surface area (Å²) in [6.07, 6.45) is 1.67. The Bertz CT molecular complexity index is 1160. The molecule has 8 heteroatoms. The summed E-state index contributed by atoms with van der Waals surface area (Å²) >= 11 is 15.6. The number of hydrogen-bond acceptors (Lipinski definition) is 3. The van der Waals surface area contributed by atoms with Gasteiger partial charge >= 0.3 is 0 Å². The molecular formula is C18H14BrCl2N5. The Morgan fingerprint density at radius 1 is 1.15 bits per heavy atom. The van der Waals surface area contributed by atoms with Crippen LogP contribution in [0.4, 0.5) is 5.69 Å². The molecule has 5 nitrogen and oxygen atoms in total. The van der Waals surface area contributed by atoms with Crippen molar-refractivity contribution in [1.29, 1.82) is 0 Å². The third-order valence-corrected chi connectivity index (χ3v) is 5.72. The normalized spacial score (nSPS) is 11.4. The first kappa shape index (κ1) is 17.4. The number of nitrogens with one attached hydrogen (secondary N) is 1. The van der Waals surface area contributed by atoms with Crippen molar-refractivity contribution >= 4 is 56.0 Å². The van der Waals surface area contributed by atoms with Gasteiger partial charge in [0.05, 0.1) is 20.2 Å². The van der Waals surface area contributed by atoms with Crippen LogP contribution in [-0.2, 0) is 0 Å². The zero-order valence-electron chi connectivity index (χ0n) is 13.9. The topological polar surface area (TPSA) is 72.5 Å². The molecule has 0 aliphatic heterocycles. The summed E-state index contributed by atoms with van der Waals surface area (Å²) in [5.41, 5.74) is 12.0. The van der Waals surface area contributed by atoms with E-state index in [-0.39, 0.29) is 0 Å². The van der Waals surface area contributed by atoms with E-state index in [1.165, 1.54) is 0 Å². The first-order valence-electron chi connectivity index (χ1n) is 7.81. The monoisotopic (exact) mass is 449 g/mol. The summed E-state index contributed by atoms with van der Waals surface area (Å²) < 4.78 is 2.83. The minimum atomic E-state index is 0.517. The number of aromatic nitrogens is 4. The number of nitrogen functional groups attached to an aromatic ring is 1. The van der Waals surface area contributed by atoms with Crippen LogP contribution in [0.5, 0.6) is 0 Å². The van der Waals surface area contributed by atoms with Gasteiger partial charge in [0.15, 0.2) is 5.65 Å². The first-order chi connectivity index (χ1) is 12.4. The van der Waals surface area contributed by atoms with Gasteiger partial charge in [-0.25, -0.2) is 9.97 Å². The SMILES string of the molecule is Cc1cc(-c2nc3c(N)c(Br)cnc3[nH]2)c(C)n1-c1ccc(Cl)c(Cl)c1. The van der Waals surface area contributed by atoms with E-state index in [9.17, 15) is 0 Å². The molecule has 4 rings (SSSR count). The van der Waals surface area contributed by atoms with Crippen molar-refractivity contribution in [1.82, 2.24) is 19.5 Å². The Morgan fingerprint density at radius 3 is 2.65 bits per heavy atom. The fourth-order valence-electron chi connectivity index (χ4n) is 3.10. The largest absolute Gasteiger partial charge is 0.396 e. The summed E-state index contributed by atoms with van der Waals surface area (Å²) in [5, 5.41) is 1.05. The number of anilines is 1. The maximum atomic E-state index is 6.19. The minimum Gasteiger partial charge on any atom is -0.396 e. The molecule has 3 heterocycles. The highest BCUT2D eigenvalue weighted by atomic mass is 79.9. The van der Waals surface area contributed by atoms with Gasteiger partial charge in [-0.2, -0.15) is 0 Å². The maximum absolute atomic E-state index is 6.19. The van der Waals surface area contributed by atoms with Crippen molar-refractivity contribution in [3.63, 3.8) is 0 Å². The summed E-state index contributed by atoms with van der Waals surface area (Å²) in [6.45, 7) is 4.07. The number of imidazole rings is 1. The molecule has 0 saturated carbocycles. The predicted molar refractivity (Wildman–Crippen MR) is 110 cm³/mol. The van der Waals surface area contributed by atoms with Crippen LogP contribution in [0.25, 0.3) is 28.2 Å². The Morgan fingerprint density at radius 2 is 1.92 bits per heavy atom. The lowest BCUT2D eigenvalue weighted by Crippen LogP contribution is -1.99. The van der Waals surface area contributed by atoms with E-state index in [0.29, 0.717) is 26.9 Å². The van der Waals surface area contributed by atoms with Gasteiger partial charge in [0.1, 0.15) is 11.3 Å². The van der Waals surface area contributed by atoms with Gasteiger partial charge in [0, 0.05) is 28.8 Å². The molecule has 132 valence electrons. The average molecular weight is 451 g/mol. The minimum absolute atomic E-state index is 0.517.